The van der Waals surface area contributed by atoms with E-state index in [0.29, 0.717) is 0 Å². The Kier molecular flexibility index (Phi) is 5.86. The highest BCUT2D eigenvalue weighted by Crippen LogP contribution is 2.30. The van der Waals surface area contributed by atoms with Gasteiger partial charge in [-0.1, -0.05) is 32.0 Å². The number of rotatable bonds is 7. The van der Waals surface area contributed by atoms with Crippen LogP contribution in [0.5, 0.6) is 0 Å². The molecule has 1 aliphatic heterocycles. The van der Waals surface area contributed by atoms with E-state index in [-0.39, 0.29) is 0 Å². The van der Waals surface area contributed by atoms with Gasteiger partial charge in [0.25, 0.3) is 0 Å². The van der Waals surface area contributed by atoms with Crippen molar-refractivity contribution in [1.82, 2.24) is 5.32 Å². The van der Waals surface area contributed by atoms with Gasteiger partial charge >= 0.3 is 0 Å². The minimum atomic E-state index is 0.765. The molecule has 3 nitrogen and oxygen atoms in total. The van der Waals surface area contributed by atoms with Crippen molar-refractivity contribution in [3.05, 3.63) is 29.8 Å². The fourth-order valence-electron chi connectivity index (χ4n) is 2.92. The summed E-state index contributed by atoms with van der Waals surface area (Å²) in [6.07, 6.45) is 1.32. The number of nitrogens with one attached hydrogen (secondary N) is 1. The molecule has 0 spiro atoms. The van der Waals surface area contributed by atoms with Gasteiger partial charge in [-0.15, -0.1) is 0 Å². The van der Waals surface area contributed by atoms with E-state index in [1.165, 1.54) is 30.8 Å². The number of para-hydroxylation sites is 1. The molecule has 2 rings (SSSR count). The molecule has 0 radical (unpaired) electrons. The largest absolute Gasteiger partial charge is 0.383 e. The Labute approximate surface area is 123 Å². The van der Waals surface area contributed by atoms with Crippen LogP contribution >= 0.6 is 0 Å². The summed E-state index contributed by atoms with van der Waals surface area (Å²) >= 11 is 0. The quantitative estimate of drug-likeness (QED) is 0.775. The first kappa shape index (κ1) is 15.3. The zero-order chi connectivity index (χ0) is 14.4. The van der Waals surface area contributed by atoms with E-state index >= 15 is 0 Å². The average Bonchev–Trinajstić information content (AvgIpc) is 2.94. The Bertz CT molecular complexity index is 406. The molecular weight excluding hydrogens is 248 g/mol. The van der Waals surface area contributed by atoms with Gasteiger partial charge in [-0.3, -0.25) is 0 Å². The van der Waals surface area contributed by atoms with Crippen molar-refractivity contribution in [3.63, 3.8) is 0 Å². The van der Waals surface area contributed by atoms with Crippen LogP contribution < -0.4 is 10.2 Å². The zero-order valence-electron chi connectivity index (χ0n) is 13.1. The van der Waals surface area contributed by atoms with Crippen LogP contribution in [0.1, 0.15) is 25.8 Å². The highest BCUT2D eigenvalue weighted by atomic mass is 16.5. The fourth-order valence-corrected chi connectivity index (χ4v) is 2.92. The van der Waals surface area contributed by atoms with Gasteiger partial charge in [0, 0.05) is 39.0 Å². The standard InChI is InChI=1S/C17H28N2O/c1-14(2)16-8-10-19(13-16)17-7-5-4-6-15(17)12-18-9-11-20-3/h4-7,14,16,18H,8-13H2,1-3H3. The van der Waals surface area contributed by atoms with Crippen molar-refractivity contribution in [2.75, 3.05) is 38.3 Å². The van der Waals surface area contributed by atoms with Gasteiger partial charge < -0.3 is 15.0 Å². The van der Waals surface area contributed by atoms with Crippen LogP contribution in [-0.4, -0.2) is 33.4 Å². The Morgan fingerprint density at radius 3 is 2.85 bits per heavy atom. The molecule has 0 saturated carbocycles. The first-order valence-corrected chi connectivity index (χ1v) is 7.75. The SMILES string of the molecule is COCCNCc1ccccc1N1CCC(C(C)C)C1. The summed E-state index contributed by atoms with van der Waals surface area (Å²) in [5.74, 6) is 1.62. The van der Waals surface area contributed by atoms with Crippen molar-refractivity contribution in [1.29, 1.82) is 0 Å². The molecule has 0 amide bonds. The Morgan fingerprint density at radius 1 is 1.35 bits per heavy atom. The summed E-state index contributed by atoms with van der Waals surface area (Å²) in [5, 5.41) is 3.45. The van der Waals surface area contributed by atoms with Crippen LogP contribution in [0.15, 0.2) is 24.3 Å². The third kappa shape index (κ3) is 3.97. The Hall–Kier alpha value is -1.06. The molecule has 0 aromatic heterocycles. The number of hydrogen-bond acceptors (Lipinski definition) is 3. The minimum Gasteiger partial charge on any atom is -0.383 e. The smallest absolute Gasteiger partial charge is 0.0587 e. The third-order valence-corrected chi connectivity index (χ3v) is 4.30. The molecule has 1 N–H and O–H groups in total. The lowest BCUT2D eigenvalue weighted by molar-refractivity contribution is 0.199. The van der Waals surface area contributed by atoms with E-state index in [4.69, 9.17) is 4.74 Å². The summed E-state index contributed by atoms with van der Waals surface area (Å²) in [7, 11) is 1.74. The Morgan fingerprint density at radius 2 is 2.15 bits per heavy atom. The van der Waals surface area contributed by atoms with E-state index in [1.54, 1.807) is 7.11 Å². The average molecular weight is 276 g/mol. The van der Waals surface area contributed by atoms with Gasteiger partial charge in [-0.25, -0.2) is 0 Å². The van der Waals surface area contributed by atoms with E-state index in [0.717, 1.165) is 31.5 Å². The van der Waals surface area contributed by atoms with Crippen LogP contribution in [0, 0.1) is 11.8 Å². The van der Waals surface area contributed by atoms with Gasteiger partial charge in [0.15, 0.2) is 0 Å². The van der Waals surface area contributed by atoms with Gasteiger partial charge in [0.1, 0.15) is 0 Å². The summed E-state index contributed by atoms with van der Waals surface area (Å²) in [6, 6.07) is 8.78. The second-order valence-corrected chi connectivity index (χ2v) is 6.04. The highest BCUT2D eigenvalue weighted by molar-refractivity contribution is 5.54. The van der Waals surface area contributed by atoms with Crippen LogP contribution in [-0.2, 0) is 11.3 Å². The Balaban J connectivity index is 1.97. The van der Waals surface area contributed by atoms with Crippen molar-refractivity contribution in [2.24, 2.45) is 11.8 Å². The number of hydrogen-bond donors (Lipinski definition) is 1. The predicted octanol–water partition coefficient (Wildman–Crippen LogP) is 2.90. The maximum atomic E-state index is 5.08. The van der Waals surface area contributed by atoms with Crippen molar-refractivity contribution in [2.45, 2.75) is 26.8 Å². The molecule has 1 fully saturated rings. The van der Waals surface area contributed by atoms with Crippen LogP contribution in [0.2, 0.25) is 0 Å². The van der Waals surface area contributed by atoms with Crippen LogP contribution in [0.25, 0.3) is 0 Å². The van der Waals surface area contributed by atoms with Gasteiger partial charge in [-0.2, -0.15) is 0 Å². The summed E-state index contributed by atoms with van der Waals surface area (Å²) in [5.41, 5.74) is 2.80. The van der Waals surface area contributed by atoms with Crippen LogP contribution in [0.3, 0.4) is 0 Å². The maximum absolute atomic E-state index is 5.08. The predicted molar refractivity (Wildman–Crippen MR) is 85.2 cm³/mol. The molecule has 1 atom stereocenters. The summed E-state index contributed by atoms with van der Waals surface area (Å²) < 4.78 is 5.08. The van der Waals surface area contributed by atoms with Crippen molar-refractivity contribution in [3.8, 4) is 0 Å². The lowest BCUT2D eigenvalue weighted by Crippen LogP contribution is -2.24. The molecule has 0 bridgehead atoms. The van der Waals surface area contributed by atoms with Gasteiger partial charge in [0.2, 0.25) is 0 Å². The number of methoxy groups -OCH3 is 1. The number of benzene rings is 1. The van der Waals surface area contributed by atoms with E-state index < -0.39 is 0 Å². The molecule has 1 aromatic carbocycles. The normalized spacial score (nSPS) is 19.0. The number of ether oxygens (including phenoxy) is 1. The van der Waals surface area contributed by atoms with Crippen LogP contribution in [0.4, 0.5) is 5.69 Å². The third-order valence-electron chi connectivity index (χ3n) is 4.30. The molecule has 1 unspecified atom stereocenters. The molecule has 1 heterocycles. The van der Waals surface area contributed by atoms with E-state index in [2.05, 4.69) is 48.3 Å². The topological polar surface area (TPSA) is 24.5 Å². The zero-order valence-corrected chi connectivity index (χ0v) is 13.1. The second kappa shape index (κ2) is 7.65. The molecule has 112 valence electrons. The summed E-state index contributed by atoms with van der Waals surface area (Å²) in [6.45, 7) is 9.66. The molecular formula is C17H28N2O. The molecule has 3 heteroatoms. The van der Waals surface area contributed by atoms with Gasteiger partial charge in [-0.05, 0) is 29.9 Å². The van der Waals surface area contributed by atoms with Gasteiger partial charge in [0.05, 0.1) is 6.61 Å². The maximum Gasteiger partial charge on any atom is 0.0587 e. The molecule has 1 saturated heterocycles. The molecule has 1 aromatic rings. The highest BCUT2D eigenvalue weighted by Gasteiger charge is 2.25. The monoisotopic (exact) mass is 276 g/mol. The first-order valence-electron chi connectivity index (χ1n) is 7.75. The van der Waals surface area contributed by atoms with Crippen molar-refractivity contribution >= 4 is 5.69 Å². The number of anilines is 1. The molecule has 1 aliphatic rings. The van der Waals surface area contributed by atoms with E-state index in [9.17, 15) is 0 Å². The first-order chi connectivity index (χ1) is 9.72. The molecule has 20 heavy (non-hydrogen) atoms. The lowest BCUT2D eigenvalue weighted by Gasteiger charge is -2.23. The fraction of sp³-hybridized carbons (Fsp3) is 0.647. The second-order valence-electron chi connectivity index (χ2n) is 6.04. The lowest BCUT2D eigenvalue weighted by atomic mass is 9.95. The van der Waals surface area contributed by atoms with E-state index in [1.807, 2.05) is 0 Å². The number of nitrogens with zero attached hydrogens (tertiary/aromatic N) is 1. The minimum absolute atomic E-state index is 0.765. The molecule has 0 aliphatic carbocycles. The van der Waals surface area contributed by atoms with Crippen molar-refractivity contribution < 1.29 is 4.74 Å². The summed E-state index contributed by atoms with van der Waals surface area (Å²) in [4.78, 5) is 2.55.